The maximum atomic E-state index is 12.1. The Labute approximate surface area is 377 Å². The summed E-state index contributed by atoms with van der Waals surface area (Å²) in [5.41, 5.74) is 32.6. The summed E-state index contributed by atoms with van der Waals surface area (Å²) in [7, 11) is 8.36. The van der Waals surface area contributed by atoms with Crippen molar-refractivity contribution in [2.24, 2.45) is 0 Å². The van der Waals surface area contributed by atoms with Crippen LogP contribution in [0.5, 0.6) is 11.5 Å². The van der Waals surface area contributed by atoms with E-state index in [4.69, 9.17) is 33.1 Å². The molecule has 4 aliphatic heterocycles. The molecule has 12 N–H and O–H groups in total. The lowest BCUT2D eigenvalue weighted by molar-refractivity contribution is 0.0683. The van der Waals surface area contributed by atoms with Gasteiger partial charge < -0.3 is 63.0 Å². The Balaban J connectivity index is 0.000000172. The van der Waals surface area contributed by atoms with Gasteiger partial charge in [-0.15, -0.1) is 0 Å². The van der Waals surface area contributed by atoms with E-state index in [1.165, 1.54) is 47.1 Å². The van der Waals surface area contributed by atoms with Crippen molar-refractivity contribution < 1.29 is 30.0 Å². The quantitative estimate of drug-likeness (QED) is 0.0736. The number of benzene rings is 4. The third-order valence-electron chi connectivity index (χ3n) is 11.6. The van der Waals surface area contributed by atoms with Gasteiger partial charge in [0.2, 0.25) is 0 Å². The largest absolute Gasteiger partial charge is 0.506 e. The van der Waals surface area contributed by atoms with Crippen molar-refractivity contribution in [1.29, 1.82) is 0 Å². The van der Waals surface area contributed by atoms with Gasteiger partial charge in [-0.3, -0.25) is 19.6 Å². The van der Waals surface area contributed by atoms with Crippen LogP contribution in [0.4, 0.5) is 45.5 Å². The van der Waals surface area contributed by atoms with E-state index in [2.05, 4.69) is 87.1 Å². The minimum absolute atomic E-state index is 0.0733. The first-order valence-electron chi connectivity index (χ1n) is 21.6. The molecule has 348 valence electrons. The van der Waals surface area contributed by atoms with Crippen LogP contribution in [0.1, 0.15) is 70.7 Å². The van der Waals surface area contributed by atoms with Crippen molar-refractivity contribution in [2.75, 3.05) is 124 Å². The highest BCUT2D eigenvalue weighted by Crippen LogP contribution is 2.45. The van der Waals surface area contributed by atoms with E-state index in [-0.39, 0.29) is 11.3 Å². The zero-order valence-electron chi connectivity index (χ0n) is 38.6. The number of phenolic OH excluding ortho intramolecular Hbond substituents is 2. The number of anilines is 8. The monoisotopic (exact) mass is 885 g/mol. The summed E-state index contributed by atoms with van der Waals surface area (Å²) in [5, 5.41) is 37.8. The molecule has 0 unspecified atom stereocenters. The number of hydrogen-bond acceptors (Lipinski definition) is 16. The van der Waals surface area contributed by atoms with Crippen LogP contribution in [-0.2, 0) is 26.2 Å². The molecule has 4 aliphatic rings. The summed E-state index contributed by atoms with van der Waals surface area (Å²) in [6.45, 7) is 18.9. The summed E-state index contributed by atoms with van der Waals surface area (Å²) in [4.78, 5) is 40.6. The summed E-state index contributed by atoms with van der Waals surface area (Å²) >= 11 is 0. The van der Waals surface area contributed by atoms with Crippen LogP contribution in [0.15, 0.2) is 48.5 Å². The number of phenols is 2. The Bertz CT molecular complexity index is 2250. The molecular weight excluding hydrogens is 817 g/mol. The summed E-state index contributed by atoms with van der Waals surface area (Å²) in [5.74, 6) is -1.32. The van der Waals surface area contributed by atoms with E-state index in [1.807, 2.05) is 20.2 Å². The molecule has 0 bridgehead atoms. The summed E-state index contributed by atoms with van der Waals surface area (Å²) < 4.78 is 0. The molecule has 0 aliphatic carbocycles. The second kappa shape index (κ2) is 20.9. The van der Waals surface area contributed by atoms with Crippen molar-refractivity contribution in [1.82, 2.24) is 19.6 Å². The number of carbonyl (C=O) groups is 2. The number of fused-ring (bicyclic) bond motifs is 5. The fraction of sp³-hybridized carbons (Fsp3) is 0.435. The van der Waals surface area contributed by atoms with Gasteiger partial charge in [-0.2, -0.15) is 0 Å². The average Bonchev–Trinajstić information content (AvgIpc) is 3.23. The van der Waals surface area contributed by atoms with E-state index in [9.17, 15) is 19.8 Å². The number of nitrogens with zero attached hydrogens (tertiary/aromatic N) is 8. The zero-order chi connectivity index (χ0) is 47.2. The van der Waals surface area contributed by atoms with Crippen molar-refractivity contribution >= 4 is 57.4 Å². The first-order chi connectivity index (χ1) is 30.3. The first-order valence-corrected chi connectivity index (χ1v) is 21.6. The van der Waals surface area contributed by atoms with E-state index >= 15 is 0 Å². The Morgan fingerprint density at radius 1 is 0.516 bits per heavy atom. The number of carboxylic acid groups (broad SMARTS) is 2. The minimum Gasteiger partial charge on any atom is -0.506 e. The maximum Gasteiger partial charge on any atom is 0.336 e. The van der Waals surface area contributed by atoms with Gasteiger partial charge >= 0.3 is 11.9 Å². The van der Waals surface area contributed by atoms with Crippen LogP contribution in [-0.4, -0.2) is 133 Å². The molecular formula is C46H68N12O6. The zero-order valence-corrected chi connectivity index (χ0v) is 38.6. The molecule has 4 heterocycles. The number of nitrogen functional groups attached to an aromatic ring is 4. The second-order valence-electron chi connectivity index (χ2n) is 16.8. The number of rotatable bonds is 6. The lowest BCUT2D eigenvalue weighted by Crippen LogP contribution is -2.44. The van der Waals surface area contributed by atoms with Crippen molar-refractivity contribution in [3.8, 4) is 11.5 Å². The van der Waals surface area contributed by atoms with Gasteiger partial charge in [-0.05, 0) is 110 Å². The number of carboxylic acids is 2. The molecule has 0 saturated heterocycles. The van der Waals surface area contributed by atoms with E-state index in [1.54, 1.807) is 6.07 Å². The second-order valence-corrected chi connectivity index (χ2v) is 16.8. The molecule has 18 heteroatoms. The molecule has 0 radical (unpaired) electrons. The molecule has 0 amide bonds. The number of aromatic carboxylic acids is 2. The number of nitrogens with two attached hydrogens (primary N) is 4. The first kappa shape index (κ1) is 48.7. The van der Waals surface area contributed by atoms with Gasteiger partial charge in [-0.1, -0.05) is 0 Å². The van der Waals surface area contributed by atoms with Crippen molar-refractivity contribution in [3.05, 3.63) is 81.9 Å². The Morgan fingerprint density at radius 2 is 0.969 bits per heavy atom. The van der Waals surface area contributed by atoms with E-state index in [0.717, 1.165) is 94.1 Å². The standard InChI is InChI=1S/C17H26N4O2.C16H26N4O.C7H8N2O2.C6H8N2O/c1-5-20-10-18(3)8-12-14(20)7-15-13(16(12)17(22)23)9-19(4)11-21(15)6-2;1-5-19-10-17(3)8-12-7-14(21)16-13(15(12)19)9-18(4)11-20(16)6-2;8-5-1-4(7(10)11)2-6(9)3-5;7-4-1-2-6(9)5(8)3-4/h7H,5-6,8-11H2,1-4H3,(H,22,23);7,21H,5-6,8-11H2,1-4H3;1-3H,8-9H2,(H,10,11);1-3,9H,7-8H2. The molecule has 4 aromatic rings. The molecule has 4 aromatic carbocycles. The highest BCUT2D eigenvalue weighted by atomic mass is 16.4. The fourth-order valence-electron chi connectivity index (χ4n) is 8.85. The lowest BCUT2D eigenvalue weighted by atomic mass is 9.93. The van der Waals surface area contributed by atoms with Crippen LogP contribution in [0, 0.1) is 0 Å². The maximum absolute atomic E-state index is 12.1. The van der Waals surface area contributed by atoms with Crippen LogP contribution >= 0.6 is 0 Å². The Hall–Kier alpha value is -6.34. The Morgan fingerprint density at radius 3 is 1.41 bits per heavy atom. The van der Waals surface area contributed by atoms with Crippen molar-refractivity contribution in [2.45, 2.75) is 53.9 Å². The van der Waals surface area contributed by atoms with Gasteiger partial charge in [0.25, 0.3) is 0 Å². The third kappa shape index (κ3) is 11.1. The smallest absolute Gasteiger partial charge is 0.336 e. The van der Waals surface area contributed by atoms with Crippen LogP contribution in [0.3, 0.4) is 0 Å². The topological polar surface area (TPSA) is 245 Å². The van der Waals surface area contributed by atoms with Crippen LogP contribution in [0.2, 0.25) is 0 Å². The van der Waals surface area contributed by atoms with Crippen molar-refractivity contribution in [3.63, 3.8) is 0 Å². The van der Waals surface area contributed by atoms with Crippen LogP contribution < -0.4 is 42.5 Å². The van der Waals surface area contributed by atoms with E-state index < -0.39 is 11.9 Å². The molecule has 64 heavy (non-hydrogen) atoms. The molecule has 0 aromatic heterocycles. The van der Waals surface area contributed by atoms with Gasteiger partial charge in [-0.25, -0.2) is 9.59 Å². The van der Waals surface area contributed by atoms with Gasteiger partial charge in [0.1, 0.15) is 11.5 Å². The van der Waals surface area contributed by atoms with Gasteiger partial charge in [0.15, 0.2) is 0 Å². The highest BCUT2D eigenvalue weighted by Gasteiger charge is 2.34. The minimum atomic E-state index is -1.02. The van der Waals surface area contributed by atoms with E-state index in [0.29, 0.717) is 47.2 Å². The predicted molar refractivity (Wildman–Crippen MR) is 258 cm³/mol. The molecule has 0 spiro atoms. The van der Waals surface area contributed by atoms with Crippen LogP contribution in [0.25, 0.3) is 0 Å². The SMILES string of the molecule is CCN1CN(C)Cc2c1c(O)cc1c2N(CC)CN(C)C1.CCN1CN(C)Cc2c1cc1c(c2C(=O)O)CN(C)CN1CC.Nc1cc(N)cc(C(=O)O)c1.Nc1ccc(O)c(N)c1. The molecule has 0 saturated carbocycles. The fourth-order valence-corrected chi connectivity index (χ4v) is 8.85. The predicted octanol–water partition coefficient (Wildman–Crippen LogP) is 4.80. The molecule has 0 atom stereocenters. The molecule has 18 nitrogen and oxygen atoms in total. The lowest BCUT2D eigenvalue weighted by Gasteiger charge is -2.43. The van der Waals surface area contributed by atoms with Gasteiger partial charge in [0, 0.05) is 103 Å². The number of aromatic hydroxyl groups is 2. The summed E-state index contributed by atoms with van der Waals surface area (Å²) in [6, 6.07) is 13.0. The highest BCUT2D eigenvalue weighted by molar-refractivity contribution is 5.96. The average molecular weight is 885 g/mol. The van der Waals surface area contributed by atoms with Gasteiger partial charge in [0.05, 0.1) is 49.2 Å². The third-order valence-corrected chi connectivity index (χ3v) is 11.6. The Kier molecular flexibility index (Phi) is 15.9. The molecule has 0 fully saturated rings. The summed E-state index contributed by atoms with van der Waals surface area (Å²) in [6.07, 6.45) is 0. The molecule has 8 rings (SSSR count). The normalized spacial score (nSPS) is 16.1. The number of hydrogen-bond donors (Lipinski definition) is 8.